The molecule has 0 aliphatic carbocycles. The first kappa shape index (κ1) is 12.0. The highest BCUT2D eigenvalue weighted by molar-refractivity contribution is 4.76. The minimum atomic E-state index is 0.774. The number of piperidine rings is 1. The standard InChI is InChI=1S/C11H25N3/c1-4-12-11-5-7-14(8-6-11)10-9-13(2)3/h11-12H,4-10H2,1-3H3. The van der Waals surface area contributed by atoms with E-state index in [1.807, 2.05) is 0 Å². The lowest BCUT2D eigenvalue weighted by atomic mass is 10.1. The van der Waals surface area contributed by atoms with Crippen molar-refractivity contribution in [2.45, 2.75) is 25.8 Å². The van der Waals surface area contributed by atoms with Crippen molar-refractivity contribution in [3.63, 3.8) is 0 Å². The number of rotatable bonds is 5. The Morgan fingerprint density at radius 1 is 1.29 bits per heavy atom. The monoisotopic (exact) mass is 199 g/mol. The molecule has 0 unspecified atom stereocenters. The predicted octanol–water partition coefficient (Wildman–Crippen LogP) is 0.622. The van der Waals surface area contributed by atoms with E-state index in [9.17, 15) is 0 Å². The van der Waals surface area contributed by atoms with Crippen LogP contribution in [0.4, 0.5) is 0 Å². The van der Waals surface area contributed by atoms with Crippen LogP contribution in [0.2, 0.25) is 0 Å². The number of nitrogens with one attached hydrogen (secondary N) is 1. The topological polar surface area (TPSA) is 18.5 Å². The van der Waals surface area contributed by atoms with E-state index in [2.05, 4.69) is 36.1 Å². The second-order valence-electron chi connectivity index (χ2n) is 4.48. The Morgan fingerprint density at radius 2 is 1.93 bits per heavy atom. The van der Waals surface area contributed by atoms with E-state index in [1.54, 1.807) is 0 Å². The fourth-order valence-corrected chi connectivity index (χ4v) is 1.99. The highest BCUT2D eigenvalue weighted by Gasteiger charge is 2.17. The van der Waals surface area contributed by atoms with Crippen molar-refractivity contribution in [2.24, 2.45) is 0 Å². The third-order valence-corrected chi connectivity index (χ3v) is 2.94. The van der Waals surface area contributed by atoms with Gasteiger partial charge in [0.15, 0.2) is 0 Å². The van der Waals surface area contributed by atoms with Crippen LogP contribution >= 0.6 is 0 Å². The molecule has 84 valence electrons. The summed E-state index contributed by atoms with van der Waals surface area (Å²) < 4.78 is 0. The highest BCUT2D eigenvalue weighted by atomic mass is 15.2. The predicted molar refractivity (Wildman–Crippen MR) is 61.7 cm³/mol. The van der Waals surface area contributed by atoms with Gasteiger partial charge in [0.25, 0.3) is 0 Å². The zero-order valence-corrected chi connectivity index (χ0v) is 9.92. The second kappa shape index (κ2) is 6.38. The maximum absolute atomic E-state index is 3.53. The molecule has 1 N–H and O–H groups in total. The lowest BCUT2D eigenvalue weighted by Crippen LogP contribution is -2.44. The van der Waals surface area contributed by atoms with Crippen LogP contribution in [0.1, 0.15) is 19.8 Å². The van der Waals surface area contributed by atoms with Gasteiger partial charge in [-0.3, -0.25) is 0 Å². The van der Waals surface area contributed by atoms with Crippen LogP contribution in [0.3, 0.4) is 0 Å². The summed E-state index contributed by atoms with van der Waals surface area (Å²) in [6.07, 6.45) is 2.64. The number of likely N-dealkylation sites (tertiary alicyclic amines) is 1. The molecule has 1 rings (SSSR count). The van der Waals surface area contributed by atoms with Crippen molar-refractivity contribution >= 4 is 0 Å². The maximum atomic E-state index is 3.53. The van der Waals surface area contributed by atoms with Gasteiger partial charge in [-0.15, -0.1) is 0 Å². The Hall–Kier alpha value is -0.120. The number of nitrogens with zero attached hydrogens (tertiary/aromatic N) is 2. The van der Waals surface area contributed by atoms with Crippen molar-refractivity contribution in [2.75, 3.05) is 46.8 Å². The van der Waals surface area contributed by atoms with Gasteiger partial charge in [0.05, 0.1) is 0 Å². The molecule has 1 aliphatic heterocycles. The van der Waals surface area contributed by atoms with Gasteiger partial charge in [-0.05, 0) is 46.6 Å². The van der Waals surface area contributed by atoms with Gasteiger partial charge in [0.1, 0.15) is 0 Å². The second-order valence-corrected chi connectivity index (χ2v) is 4.48. The van der Waals surface area contributed by atoms with Crippen molar-refractivity contribution in [1.82, 2.24) is 15.1 Å². The molecule has 1 aliphatic rings. The maximum Gasteiger partial charge on any atom is 0.0109 e. The van der Waals surface area contributed by atoms with Gasteiger partial charge in [0, 0.05) is 19.1 Å². The molecule has 0 aromatic carbocycles. The van der Waals surface area contributed by atoms with Gasteiger partial charge >= 0.3 is 0 Å². The molecule has 0 saturated carbocycles. The van der Waals surface area contributed by atoms with Gasteiger partial charge in [-0.1, -0.05) is 6.92 Å². The summed E-state index contributed by atoms with van der Waals surface area (Å²) in [6, 6.07) is 0.774. The van der Waals surface area contributed by atoms with Gasteiger partial charge < -0.3 is 15.1 Å². The van der Waals surface area contributed by atoms with E-state index in [0.29, 0.717) is 0 Å². The van der Waals surface area contributed by atoms with E-state index in [0.717, 1.165) is 12.6 Å². The summed E-state index contributed by atoms with van der Waals surface area (Å²) in [5, 5.41) is 3.53. The van der Waals surface area contributed by atoms with Crippen molar-refractivity contribution in [1.29, 1.82) is 0 Å². The van der Waals surface area contributed by atoms with E-state index in [4.69, 9.17) is 0 Å². The molecule has 0 spiro atoms. The molecule has 1 fully saturated rings. The molecule has 0 aromatic rings. The highest BCUT2D eigenvalue weighted by Crippen LogP contribution is 2.09. The first-order chi connectivity index (χ1) is 6.72. The van der Waals surface area contributed by atoms with Crippen molar-refractivity contribution in [3.8, 4) is 0 Å². The zero-order valence-electron chi connectivity index (χ0n) is 9.92. The summed E-state index contributed by atoms with van der Waals surface area (Å²) in [5.41, 5.74) is 0. The van der Waals surface area contributed by atoms with Crippen LogP contribution in [-0.4, -0.2) is 62.7 Å². The largest absolute Gasteiger partial charge is 0.314 e. The first-order valence-corrected chi connectivity index (χ1v) is 5.83. The van der Waals surface area contributed by atoms with Gasteiger partial charge in [-0.2, -0.15) is 0 Å². The molecule has 0 atom stereocenters. The SMILES string of the molecule is CCNC1CCN(CCN(C)C)CC1. The molecule has 0 aromatic heterocycles. The van der Waals surface area contributed by atoms with Crippen LogP contribution in [0, 0.1) is 0 Å². The first-order valence-electron chi connectivity index (χ1n) is 5.83. The minimum Gasteiger partial charge on any atom is -0.314 e. The van der Waals surface area contributed by atoms with Crippen LogP contribution in [0.5, 0.6) is 0 Å². The smallest absolute Gasteiger partial charge is 0.0109 e. The van der Waals surface area contributed by atoms with Crippen molar-refractivity contribution < 1.29 is 0 Å². The number of likely N-dealkylation sites (N-methyl/N-ethyl adjacent to an activating group) is 1. The summed E-state index contributed by atoms with van der Waals surface area (Å²) in [4.78, 5) is 4.84. The third kappa shape index (κ3) is 4.40. The molecule has 14 heavy (non-hydrogen) atoms. The molecule has 1 saturated heterocycles. The van der Waals surface area contributed by atoms with Crippen LogP contribution < -0.4 is 5.32 Å². The summed E-state index contributed by atoms with van der Waals surface area (Å²) in [7, 11) is 4.29. The summed E-state index contributed by atoms with van der Waals surface area (Å²) in [6.45, 7) is 8.26. The number of hydrogen-bond donors (Lipinski definition) is 1. The Morgan fingerprint density at radius 3 is 2.43 bits per heavy atom. The number of hydrogen-bond acceptors (Lipinski definition) is 3. The van der Waals surface area contributed by atoms with Gasteiger partial charge in [-0.25, -0.2) is 0 Å². The van der Waals surface area contributed by atoms with Crippen LogP contribution in [0.25, 0.3) is 0 Å². The normalized spacial score (nSPS) is 20.6. The van der Waals surface area contributed by atoms with Crippen LogP contribution in [-0.2, 0) is 0 Å². The lowest BCUT2D eigenvalue weighted by molar-refractivity contribution is 0.183. The Balaban J connectivity index is 2.09. The molecule has 3 nitrogen and oxygen atoms in total. The molecule has 3 heteroatoms. The Bertz CT molecular complexity index is 139. The summed E-state index contributed by atoms with van der Waals surface area (Å²) in [5.74, 6) is 0. The van der Waals surface area contributed by atoms with E-state index in [-0.39, 0.29) is 0 Å². The van der Waals surface area contributed by atoms with E-state index in [1.165, 1.54) is 39.0 Å². The van der Waals surface area contributed by atoms with Crippen LogP contribution in [0.15, 0.2) is 0 Å². The quantitative estimate of drug-likeness (QED) is 0.700. The minimum absolute atomic E-state index is 0.774. The Labute approximate surface area is 88.5 Å². The molecular formula is C11H25N3. The van der Waals surface area contributed by atoms with Crippen molar-refractivity contribution in [3.05, 3.63) is 0 Å². The fourth-order valence-electron chi connectivity index (χ4n) is 1.99. The molecule has 0 bridgehead atoms. The van der Waals surface area contributed by atoms with Gasteiger partial charge in [0.2, 0.25) is 0 Å². The molecule has 1 heterocycles. The molecule has 0 radical (unpaired) electrons. The lowest BCUT2D eigenvalue weighted by Gasteiger charge is -2.32. The van der Waals surface area contributed by atoms with E-state index >= 15 is 0 Å². The Kier molecular flexibility index (Phi) is 5.45. The average Bonchev–Trinajstić information content (AvgIpc) is 2.17. The summed E-state index contributed by atoms with van der Waals surface area (Å²) >= 11 is 0. The fraction of sp³-hybridized carbons (Fsp3) is 1.00. The molecule has 0 amide bonds. The third-order valence-electron chi connectivity index (χ3n) is 2.94. The molecular weight excluding hydrogens is 174 g/mol. The zero-order chi connectivity index (χ0) is 10.4. The van der Waals surface area contributed by atoms with E-state index < -0.39 is 0 Å². The average molecular weight is 199 g/mol.